The van der Waals surface area contributed by atoms with Crippen LogP contribution in [0.15, 0.2) is 133 Å². The zero-order chi connectivity index (χ0) is 31.7. The molecule has 0 unspecified atom stereocenters. The number of rotatable bonds is 3. The average Bonchev–Trinajstić information content (AvgIpc) is 3.08. The highest BCUT2D eigenvalue weighted by Gasteiger charge is 2.16. The number of hydrogen-bond donors (Lipinski definition) is 0. The van der Waals surface area contributed by atoms with Gasteiger partial charge in [-0.1, -0.05) is 115 Å². The summed E-state index contributed by atoms with van der Waals surface area (Å²) >= 11 is 6.57. The van der Waals surface area contributed by atoms with Crippen LogP contribution in [-0.4, -0.2) is 15.0 Å². The highest BCUT2D eigenvalue weighted by Crippen LogP contribution is 2.39. The zero-order valence-corrected chi connectivity index (χ0v) is 22.3. The minimum Gasteiger partial charge on any atom is -0.208 e. The molecular weight excluding hydrogens is 522 g/mol. The molecule has 0 fully saturated rings. The van der Waals surface area contributed by atoms with Gasteiger partial charge in [0.1, 0.15) is 0 Å². The van der Waals surface area contributed by atoms with Gasteiger partial charge in [-0.2, -0.15) is 9.97 Å². The Morgan fingerprint density at radius 1 is 0.488 bits per heavy atom. The molecule has 41 heavy (non-hydrogen) atoms. The third-order valence-electron chi connectivity index (χ3n) is 7.49. The lowest BCUT2D eigenvalue weighted by atomic mass is 9.92. The standard InChI is InChI=1S/C37H22ClN3/c38-37-40-35(29-17-16-26-20-25(14-15-27(26)21-29)23-8-2-1-3-9-23)39-36(41-37)33-22-28-11-5-6-12-30(28)32-19-18-24-10-4-7-13-31(24)34(32)33/h1-22H/i1D,2D,3D,8D,9D. The molecule has 0 spiro atoms. The van der Waals surface area contributed by atoms with Crippen LogP contribution in [0.1, 0.15) is 6.85 Å². The lowest BCUT2D eigenvalue weighted by Crippen LogP contribution is -1.98. The SMILES string of the molecule is [2H]c1c([2H])c([2H])c(-c2ccc3cc(-c4nc(Cl)nc(-c5cc6ccccc6c6ccc7ccccc7c56)n4)ccc3c2)c([2H])c1[2H]. The highest BCUT2D eigenvalue weighted by atomic mass is 35.5. The molecule has 8 aromatic rings. The summed E-state index contributed by atoms with van der Waals surface area (Å²) in [7, 11) is 0. The summed E-state index contributed by atoms with van der Waals surface area (Å²) in [5, 5.41) is 8.36. The van der Waals surface area contributed by atoms with Gasteiger partial charge in [0.05, 0.1) is 6.85 Å². The minimum absolute atomic E-state index is 0.0816. The molecule has 3 nitrogen and oxygen atoms in total. The van der Waals surface area contributed by atoms with E-state index in [4.69, 9.17) is 23.4 Å². The maximum Gasteiger partial charge on any atom is 0.226 e. The summed E-state index contributed by atoms with van der Waals surface area (Å²) in [5.41, 5.74) is 2.31. The highest BCUT2D eigenvalue weighted by molar-refractivity contribution is 6.28. The van der Waals surface area contributed by atoms with Crippen molar-refractivity contribution in [2.45, 2.75) is 0 Å². The van der Waals surface area contributed by atoms with Gasteiger partial charge in [0.2, 0.25) is 5.28 Å². The van der Waals surface area contributed by atoms with Crippen molar-refractivity contribution in [1.82, 2.24) is 15.0 Å². The van der Waals surface area contributed by atoms with E-state index in [1.807, 2.05) is 54.6 Å². The molecule has 192 valence electrons. The zero-order valence-electron chi connectivity index (χ0n) is 26.5. The lowest BCUT2D eigenvalue weighted by molar-refractivity contribution is 1.07. The van der Waals surface area contributed by atoms with Crippen LogP contribution in [0.3, 0.4) is 0 Å². The molecule has 0 radical (unpaired) electrons. The maximum absolute atomic E-state index is 8.37. The predicted molar refractivity (Wildman–Crippen MR) is 171 cm³/mol. The Bertz CT molecular complexity index is 2540. The van der Waals surface area contributed by atoms with E-state index in [1.54, 1.807) is 6.07 Å². The fourth-order valence-electron chi connectivity index (χ4n) is 5.59. The van der Waals surface area contributed by atoms with Crippen molar-refractivity contribution in [3.8, 4) is 33.9 Å². The van der Waals surface area contributed by atoms with Crippen molar-refractivity contribution in [1.29, 1.82) is 0 Å². The Kier molecular flexibility index (Phi) is 4.42. The molecule has 7 aromatic carbocycles. The monoisotopic (exact) mass is 548 g/mol. The Hall–Kier alpha value is -5.12. The molecule has 1 aromatic heterocycles. The summed E-state index contributed by atoms with van der Waals surface area (Å²) in [5.74, 6) is 0.895. The molecule has 8 rings (SSSR count). The Balaban J connectivity index is 1.28. The normalized spacial score (nSPS) is 13.2. The van der Waals surface area contributed by atoms with Crippen molar-refractivity contribution in [3.05, 3.63) is 139 Å². The smallest absolute Gasteiger partial charge is 0.208 e. The topological polar surface area (TPSA) is 38.7 Å². The maximum atomic E-state index is 8.37. The average molecular weight is 549 g/mol. The van der Waals surface area contributed by atoms with E-state index in [-0.39, 0.29) is 35.0 Å². The molecule has 0 N–H and O–H groups in total. The Morgan fingerprint density at radius 3 is 1.98 bits per heavy atom. The second-order valence-corrected chi connectivity index (χ2v) is 10.2. The first-order valence-corrected chi connectivity index (χ1v) is 13.5. The van der Waals surface area contributed by atoms with E-state index in [1.165, 1.54) is 0 Å². The van der Waals surface area contributed by atoms with Gasteiger partial charge >= 0.3 is 0 Å². The van der Waals surface area contributed by atoms with Crippen LogP contribution in [0.25, 0.3) is 77.0 Å². The lowest BCUT2D eigenvalue weighted by Gasteiger charge is -2.13. The first-order chi connectivity index (χ1) is 22.3. The predicted octanol–water partition coefficient (Wildman–Crippen LogP) is 10.1. The fraction of sp³-hybridized carbons (Fsp3) is 0. The van der Waals surface area contributed by atoms with Gasteiger partial charge in [-0.3, -0.25) is 0 Å². The molecular formula is C37H22ClN3. The van der Waals surface area contributed by atoms with Crippen LogP contribution in [0.4, 0.5) is 0 Å². The van der Waals surface area contributed by atoms with Gasteiger partial charge in [-0.25, -0.2) is 4.98 Å². The second-order valence-electron chi connectivity index (χ2n) is 9.88. The molecule has 0 saturated heterocycles. The van der Waals surface area contributed by atoms with E-state index in [9.17, 15) is 0 Å². The van der Waals surface area contributed by atoms with E-state index in [0.717, 1.165) is 54.2 Å². The van der Waals surface area contributed by atoms with E-state index in [2.05, 4.69) is 52.4 Å². The number of fused-ring (bicyclic) bond motifs is 6. The summed E-state index contributed by atoms with van der Waals surface area (Å²) in [6.45, 7) is 0. The summed E-state index contributed by atoms with van der Waals surface area (Å²) in [6, 6.07) is 32.5. The number of hydrogen-bond acceptors (Lipinski definition) is 3. The molecule has 0 bridgehead atoms. The van der Waals surface area contributed by atoms with Crippen LogP contribution in [0.5, 0.6) is 0 Å². The number of benzene rings is 7. The summed E-state index contributed by atoms with van der Waals surface area (Å²) in [6.07, 6.45) is 0. The first kappa shape index (κ1) is 19.0. The van der Waals surface area contributed by atoms with E-state index >= 15 is 0 Å². The molecule has 0 aliphatic carbocycles. The van der Waals surface area contributed by atoms with Gasteiger partial charge < -0.3 is 0 Å². The third kappa shape index (κ3) is 4.10. The van der Waals surface area contributed by atoms with Crippen LogP contribution >= 0.6 is 11.6 Å². The third-order valence-corrected chi connectivity index (χ3v) is 7.65. The molecule has 0 atom stereocenters. The molecule has 0 amide bonds. The quantitative estimate of drug-likeness (QED) is 0.206. The summed E-state index contributed by atoms with van der Waals surface area (Å²) in [4.78, 5) is 14.0. The van der Waals surface area contributed by atoms with Crippen LogP contribution in [-0.2, 0) is 0 Å². The Labute approximate surface area is 248 Å². The van der Waals surface area contributed by atoms with Gasteiger partial charge in [0.15, 0.2) is 11.6 Å². The van der Waals surface area contributed by atoms with E-state index < -0.39 is 6.04 Å². The molecule has 1 heterocycles. The molecule has 0 saturated carbocycles. The number of aromatic nitrogens is 3. The van der Waals surface area contributed by atoms with Gasteiger partial charge in [0.25, 0.3) is 0 Å². The summed E-state index contributed by atoms with van der Waals surface area (Å²) < 4.78 is 40.8. The number of nitrogens with zero attached hydrogens (tertiary/aromatic N) is 3. The van der Waals surface area contributed by atoms with Crippen molar-refractivity contribution in [2.24, 2.45) is 0 Å². The largest absolute Gasteiger partial charge is 0.226 e. The Morgan fingerprint density at radius 2 is 1.15 bits per heavy atom. The van der Waals surface area contributed by atoms with Crippen LogP contribution < -0.4 is 0 Å². The van der Waals surface area contributed by atoms with Gasteiger partial charge in [0, 0.05) is 16.5 Å². The molecule has 0 aliphatic rings. The van der Waals surface area contributed by atoms with Gasteiger partial charge in [-0.15, -0.1) is 0 Å². The molecule has 4 heteroatoms. The van der Waals surface area contributed by atoms with Crippen molar-refractivity contribution in [2.75, 3.05) is 0 Å². The fourth-order valence-corrected chi connectivity index (χ4v) is 5.75. The van der Waals surface area contributed by atoms with Crippen LogP contribution in [0.2, 0.25) is 5.28 Å². The minimum atomic E-state index is -0.413. The first-order valence-electron chi connectivity index (χ1n) is 15.6. The van der Waals surface area contributed by atoms with Crippen LogP contribution in [0, 0.1) is 0 Å². The second kappa shape index (κ2) is 9.51. The molecule has 0 aliphatic heterocycles. The van der Waals surface area contributed by atoms with Crippen molar-refractivity contribution in [3.63, 3.8) is 0 Å². The number of halogens is 1. The van der Waals surface area contributed by atoms with E-state index in [0.29, 0.717) is 17.2 Å². The van der Waals surface area contributed by atoms with Crippen molar-refractivity contribution >= 4 is 54.7 Å². The van der Waals surface area contributed by atoms with Gasteiger partial charge in [-0.05, 0) is 78.6 Å². The van der Waals surface area contributed by atoms with Crippen molar-refractivity contribution < 1.29 is 6.85 Å².